The van der Waals surface area contributed by atoms with Gasteiger partial charge in [-0.2, -0.15) is 0 Å². The van der Waals surface area contributed by atoms with Crippen LogP contribution in [0.2, 0.25) is 0 Å². The lowest BCUT2D eigenvalue weighted by Crippen LogP contribution is -2.37. The second kappa shape index (κ2) is 9.60. The maximum Gasteiger partial charge on any atom is 0.119 e. The minimum absolute atomic E-state index is 0.408. The van der Waals surface area contributed by atoms with E-state index < -0.39 is 0 Å². The molecule has 3 heterocycles. The Bertz CT molecular complexity index is 863. The van der Waals surface area contributed by atoms with Crippen LogP contribution < -0.4 is 9.47 Å². The first-order valence-electron chi connectivity index (χ1n) is 11.8. The molecule has 5 nitrogen and oxygen atoms in total. The Kier molecular flexibility index (Phi) is 6.44. The van der Waals surface area contributed by atoms with Crippen LogP contribution in [0, 0.1) is 0 Å². The van der Waals surface area contributed by atoms with Crippen LogP contribution in [0.5, 0.6) is 11.5 Å². The number of morpholine rings is 1. The van der Waals surface area contributed by atoms with Crippen LogP contribution in [-0.2, 0) is 4.74 Å². The van der Waals surface area contributed by atoms with Crippen molar-refractivity contribution in [1.82, 2.24) is 9.80 Å². The molecule has 2 aromatic rings. The lowest BCUT2D eigenvalue weighted by molar-refractivity contribution is 0.0358. The van der Waals surface area contributed by atoms with E-state index in [1.807, 2.05) is 0 Å². The Morgan fingerprint density at radius 3 is 2.58 bits per heavy atom. The van der Waals surface area contributed by atoms with Crippen LogP contribution >= 0.6 is 0 Å². The number of nitrogens with zero attached hydrogens (tertiary/aromatic N) is 2. The minimum Gasteiger partial charge on any atom is -0.497 e. The summed E-state index contributed by atoms with van der Waals surface area (Å²) in [6.45, 7) is 7.96. The molecule has 3 aliphatic rings. The smallest absolute Gasteiger partial charge is 0.119 e. The number of rotatable bonds is 7. The molecular weight excluding hydrogens is 388 g/mol. The van der Waals surface area contributed by atoms with Gasteiger partial charge >= 0.3 is 0 Å². The van der Waals surface area contributed by atoms with Gasteiger partial charge in [-0.1, -0.05) is 18.2 Å². The second-order valence-corrected chi connectivity index (χ2v) is 8.93. The van der Waals surface area contributed by atoms with E-state index in [0.717, 1.165) is 63.9 Å². The predicted molar refractivity (Wildman–Crippen MR) is 122 cm³/mol. The van der Waals surface area contributed by atoms with Crippen molar-refractivity contribution in [3.63, 3.8) is 0 Å². The van der Waals surface area contributed by atoms with Gasteiger partial charge in [-0.25, -0.2) is 0 Å². The standard InChI is InChI=1S/C26H34N2O3/c1-29-21-7-5-20(6-8-21)25-19-28-12-2-4-26(28)24-18-22(9-10-23(24)25)31-15-3-11-27-13-16-30-17-14-27/h5-10,18,25-26H,2-4,11-17,19H2,1H3. The lowest BCUT2D eigenvalue weighted by atomic mass is 9.81. The molecule has 2 saturated heterocycles. The highest BCUT2D eigenvalue weighted by Gasteiger charge is 2.36. The van der Waals surface area contributed by atoms with Crippen LogP contribution in [0.3, 0.4) is 0 Å². The molecule has 2 unspecified atom stereocenters. The summed E-state index contributed by atoms with van der Waals surface area (Å²) in [4.78, 5) is 5.13. The number of methoxy groups -OCH3 is 1. The molecule has 0 N–H and O–H groups in total. The molecule has 2 atom stereocenters. The van der Waals surface area contributed by atoms with E-state index >= 15 is 0 Å². The van der Waals surface area contributed by atoms with E-state index in [0.29, 0.717) is 12.0 Å². The first-order valence-corrected chi connectivity index (χ1v) is 11.8. The summed E-state index contributed by atoms with van der Waals surface area (Å²) in [7, 11) is 1.72. The highest BCUT2D eigenvalue weighted by Crippen LogP contribution is 2.45. The highest BCUT2D eigenvalue weighted by atomic mass is 16.5. The van der Waals surface area contributed by atoms with E-state index in [1.165, 1.54) is 36.1 Å². The number of ether oxygens (including phenoxy) is 3. The zero-order valence-corrected chi connectivity index (χ0v) is 18.6. The molecule has 2 aromatic carbocycles. The maximum atomic E-state index is 6.19. The van der Waals surface area contributed by atoms with Gasteiger partial charge in [0.15, 0.2) is 0 Å². The largest absolute Gasteiger partial charge is 0.497 e. The molecular formula is C26H34N2O3. The minimum atomic E-state index is 0.408. The summed E-state index contributed by atoms with van der Waals surface area (Å²) in [5.41, 5.74) is 4.30. The van der Waals surface area contributed by atoms with Gasteiger partial charge in [0.25, 0.3) is 0 Å². The van der Waals surface area contributed by atoms with E-state index in [2.05, 4.69) is 52.3 Å². The number of fused-ring (bicyclic) bond motifs is 3. The molecule has 2 fully saturated rings. The Morgan fingerprint density at radius 2 is 1.77 bits per heavy atom. The summed E-state index contributed by atoms with van der Waals surface area (Å²) in [5.74, 6) is 2.34. The molecule has 5 rings (SSSR count). The molecule has 166 valence electrons. The molecule has 0 saturated carbocycles. The Balaban J connectivity index is 1.29. The summed E-state index contributed by atoms with van der Waals surface area (Å²) >= 11 is 0. The van der Waals surface area contributed by atoms with Crippen molar-refractivity contribution in [3.05, 3.63) is 59.2 Å². The third-order valence-electron chi connectivity index (χ3n) is 7.08. The number of hydrogen-bond donors (Lipinski definition) is 0. The van der Waals surface area contributed by atoms with Crippen LogP contribution in [0.25, 0.3) is 0 Å². The molecule has 0 aromatic heterocycles. The van der Waals surface area contributed by atoms with Gasteiger partial charge < -0.3 is 14.2 Å². The zero-order valence-electron chi connectivity index (χ0n) is 18.6. The molecule has 3 aliphatic heterocycles. The fourth-order valence-corrected chi connectivity index (χ4v) is 5.40. The van der Waals surface area contributed by atoms with Crippen molar-refractivity contribution in [2.75, 3.05) is 59.7 Å². The van der Waals surface area contributed by atoms with Crippen molar-refractivity contribution < 1.29 is 14.2 Å². The van der Waals surface area contributed by atoms with Crippen molar-refractivity contribution >= 4 is 0 Å². The van der Waals surface area contributed by atoms with Crippen LogP contribution in [0.15, 0.2) is 42.5 Å². The molecule has 0 radical (unpaired) electrons. The summed E-state index contributed by atoms with van der Waals surface area (Å²) < 4.78 is 17.0. The SMILES string of the molecule is COc1ccc(C2CN3CCCC3c3cc(OCCCN4CCOCC4)ccc32)cc1. The monoisotopic (exact) mass is 422 g/mol. The van der Waals surface area contributed by atoms with Crippen LogP contribution in [0.4, 0.5) is 0 Å². The molecule has 31 heavy (non-hydrogen) atoms. The summed E-state index contributed by atoms with van der Waals surface area (Å²) in [5, 5.41) is 0. The fourth-order valence-electron chi connectivity index (χ4n) is 5.40. The summed E-state index contributed by atoms with van der Waals surface area (Å²) in [6, 6.07) is 16.0. The number of hydrogen-bond acceptors (Lipinski definition) is 5. The lowest BCUT2D eigenvalue weighted by Gasteiger charge is -2.37. The second-order valence-electron chi connectivity index (χ2n) is 8.93. The Hall–Kier alpha value is -2.08. The van der Waals surface area contributed by atoms with E-state index in [-0.39, 0.29) is 0 Å². The molecule has 0 amide bonds. The molecule has 0 bridgehead atoms. The summed E-state index contributed by atoms with van der Waals surface area (Å²) in [6.07, 6.45) is 3.59. The van der Waals surface area contributed by atoms with Gasteiger partial charge in [0, 0.05) is 38.1 Å². The fraction of sp³-hybridized carbons (Fsp3) is 0.538. The first kappa shape index (κ1) is 20.8. The maximum absolute atomic E-state index is 6.19. The predicted octanol–water partition coefficient (Wildman–Crippen LogP) is 4.08. The average molecular weight is 423 g/mol. The van der Waals surface area contributed by atoms with Gasteiger partial charge in [0.05, 0.1) is 26.9 Å². The molecule has 5 heteroatoms. The van der Waals surface area contributed by atoms with Gasteiger partial charge in [0.1, 0.15) is 11.5 Å². The van der Waals surface area contributed by atoms with Gasteiger partial charge in [0.2, 0.25) is 0 Å². The van der Waals surface area contributed by atoms with Crippen LogP contribution in [-0.4, -0.2) is 69.5 Å². The normalized spacial score (nSPS) is 23.9. The van der Waals surface area contributed by atoms with Crippen LogP contribution in [0.1, 0.15) is 47.9 Å². The van der Waals surface area contributed by atoms with E-state index in [9.17, 15) is 0 Å². The molecule has 0 aliphatic carbocycles. The topological polar surface area (TPSA) is 34.2 Å². The van der Waals surface area contributed by atoms with E-state index in [1.54, 1.807) is 7.11 Å². The van der Waals surface area contributed by atoms with E-state index in [4.69, 9.17) is 14.2 Å². The highest BCUT2D eigenvalue weighted by molar-refractivity contribution is 5.47. The number of benzene rings is 2. The van der Waals surface area contributed by atoms with Crippen molar-refractivity contribution in [2.24, 2.45) is 0 Å². The van der Waals surface area contributed by atoms with Gasteiger partial charge in [-0.3, -0.25) is 9.80 Å². The Morgan fingerprint density at radius 1 is 0.968 bits per heavy atom. The Labute approximate surface area is 185 Å². The van der Waals surface area contributed by atoms with Gasteiger partial charge in [-0.05, 0) is 66.8 Å². The third-order valence-corrected chi connectivity index (χ3v) is 7.08. The zero-order chi connectivity index (χ0) is 21.0. The third kappa shape index (κ3) is 4.59. The quantitative estimate of drug-likeness (QED) is 0.628. The van der Waals surface area contributed by atoms with Gasteiger partial charge in [-0.15, -0.1) is 0 Å². The average Bonchev–Trinajstić information content (AvgIpc) is 3.31. The van der Waals surface area contributed by atoms with Crippen molar-refractivity contribution in [3.8, 4) is 11.5 Å². The molecule has 0 spiro atoms. The first-order chi connectivity index (χ1) is 15.3. The van der Waals surface area contributed by atoms with Crippen molar-refractivity contribution in [2.45, 2.75) is 31.2 Å². The van der Waals surface area contributed by atoms with Crippen molar-refractivity contribution in [1.29, 1.82) is 0 Å².